The number of rotatable bonds is 6. The van der Waals surface area contributed by atoms with Gasteiger partial charge >= 0.3 is 6.18 Å². The molecular formula is C29H23B2ClF6N4O. The summed E-state index contributed by atoms with van der Waals surface area (Å²) in [5.74, 6) is -1.21. The number of hydrogen-bond acceptors (Lipinski definition) is 5. The maximum atomic E-state index is 13.9. The number of nitrogens with zero attached hydrogens (tertiary/aromatic N) is 2. The zero-order chi connectivity index (χ0) is 31.9. The molecule has 3 aromatic carbocycles. The van der Waals surface area contributed by atoms with Crippen LogP contribution in [0.5, 0.6) is 0 Å². The summed E-state index contributed by atoms with van der Waals surface area (Å²) in [6, 6.07) is 9.35. The molecule has 5 nitrogen and oxygen atoms in total. The predicted octanol–water partition coefficient (Wildman–Crippen LogP) is 6.49. The van der Waals surface area contributed by atoms with Gasteiger partial charge in [-0.3, -0.25) is 0 Å². The molecule has 220 valence electrons. The molecule has 3 aromatic rings. The molecule has 0 amide bonds. The third kappa shape index (κ3) is 6.67. The average Bonchev–Trinajstić information content (AvgIpc) is 3.43. The molecule has 2 aliphatic heterocycles. The van der Waals surface area contributed by atoms with Gasteiger partial charge in [0, 0.05) is 45.3 Å². The number of alkyl halides is 4. The first-order chi connectivity index (χ1) is 20.0. The highest BCUT2D eigenvalue weighted by Crippen LogP contribution is 2.52. The minimum absolute atomic E-state index is 0.00506. The number of fused-ring (bicyclic) bond motifs is 3. The fourth-order valence-electron chi connectivity index (χ4n) is 4.73. The van der Waals surface area contributed by atoms with E-state index in [1.165, 1.54) is 29.2 Å². The Hall–Kier alpha value is -3.96. The Morgan fingerprint density at radius 1 is 1.05 bits per heavy atom. The predicted molar refractivity (Wildman–Crippen MR) is 159 cm³/mol. The molecule has 14 heteroatoms. The molecule has 0 aromatic heterocycles. The molecule has 3 N–H and O–H groups in total. The molecule has 0 atom stereocenters. The number of benzene rings is 3. The summed E-state index contributed by atoms with van der Waals surface area (Å²) in [4.78, 5) is 2.60. The monoisotopic (exact) mass is 614 g/mol. The molecule has 0 fully saturated rings. The summed E-state index contributed by atoms with van der Waals surface area (Å²) >= 11 is 5.44. The summed E-state index contributed by atoms with van der Waals surface area (Å²) in [5, 5.41) is 17.0. The van der Waals surface area contributed by atoms with Crippen LogP contribution in [0.25, 0.3) is 11.4 Å². The van der Waals surface area contributed by atoms with E-state index >= 15 is 0 Å². The van der Waals surface area contributed by atoms with Gasteiger partial charge in [-0.25, -0.2) is 13.2 Å². The largest absolute Gasteiger partial charge is 0.416 e. The molecule has 4 radical (unpaired) electrons. The molecule has 0 saturated carbocycles. The van der Waals surface area contributed by atoms with Crippen LogP contribution in [-0.4, -0.2) is 39.5 Å². The van der Waals surface area contributed by atoms with Crippen molar-refractivity contribution in [3.63, 3.8) is 0 Å². The van der Waals surface area contributed by atoms with Crippen molar-refractivity contribution in [2.75, 3.05) is 28.3 Å². The van der Waals surface area contributed by atoms with Crippen LogP contribution >= 0.6 is 11.6 Å². The number of anilines is 3. The van der Waals surface area contributed by atoms with Crippen LogP contribution in [0, 0.1) is 11.6 Å². The normalized spacial score (nSPS) is 14.1. The molecule has 0 unspecified atom stereocenters. The third-order valence-corrected chi connectivity index (χ3v) is 6.83. The van der Waals surface area contributed by atoms with Crippen LogP contribution in [0.4, 0.5) is 43.4 Å². The Labute approximate surface area is 251 Å². The molecule has 5 rings (SSSR count). The van der Waals surface area contributed by atoms with Crippen LogP contribution in [0.3, 0.4) is 0 Å². The maximum absolute atomic E-state index is 13.9. The molecule has 0 spiro atoms. The summed E-state index contributed by atoms with van der Waals surface area (Å²) in [6.45, 7) is 11.0. The Morgan fingerprint density at radius 3 is 2.26 bits per heavy atom. The van der Waals surface area contributed by atoms with Crippen molar-refractivity contribution in [3.05, 3.63) is 113 Å². The fraction of sp³-hybridized carbons (Fsp3) is 0.172. The van der Waals surface area contributed by atoms with Crippen molar-refractivity contribution in [1.82, 2.24) is 5.32 Å². The SMILES string of the molecule is Fc1ccc(Cl)cc1.[B]C([B])(O)N1C(=C)N(CCF)c2cc(NC(=C)c3cc(F)cc(C(F)(F)F)c3)c3c(c21)C(=C)NC3. The number of hydrogen-bond donors (Lipinski definition) is 3. The van der Waals surface area contributed by atoms with E-state index in [0.717, 1.165) is 17.0 Å². The van der Waals surface area contributed by atoms with E-state index in [2.05, 4.69) is 30.4 Å². The van der Waals surface area contributed by atoms with E-state index in [-0.39, 0.29) is 36.0 Å². The van der Waals surface area contributed by atoms with Gasteiger partial charge < -0.3 is 25.5 Å². The van der Waals surface area contributed by atoms with Gasteiger partial charge in [-0.2, -0.15) is 13.2 Å². The van der Waals surface area contributed by atoms with Crippen LogP contribution in [0.15, 0.2) is 74.1 Å². The Balaban J connectivity index is 0.000000458. The highest BCUT2D eigenvalue weighted by molar-refractivity contribution is 6.41. The van der Waals surface area contributed by atoms with E-state index in [9.17, 15) is 31.4 Å². The Morgan fingerprint density at radius 2 is 1.70 bits per heavy atom. The molecular weight excluding hydrogens is 591 g/mol. The first-order valence-electron chi connectivity index (χ1n) is 12.5. The van der Waals surface area contributed by atoms with Crippen LogP contribution in [-0.2, 0) is 12.7 Å². The van der Waals surface area contributed by atoms with Gasteiger partial charge in [-0.15, -0.1) is 0 Å². The van der Waals surface area contributed by atoms with E-state index in [0.29, 0.717) is 45.0 Å². The molecule has 0 saturated heterocycles. The summed E-state index contributed by atoms with van der Waals surface area (Å²) in [5.41, 5.74) is -1.01. The Kier molecular flexibility index (Phi) is 8.90. The van der Waals surface area contributed by atoms with Crippen molar-refractivity contribution in [2.45, 2.75) is 18.2 Å². The lowest BCUT2D eigenvalue weighted by Crippen LogP contribution is -2.50. The van der Waals surface area contributed by atoms with E-state index in [1.54, 1.807) is 6.07 Å². The lowest BCUT2D eigenvalue weighted by molar-refractivity contribution is -0.137. The van der Waals surface area contributed by atoms with Gasteiger partial charge in [-0.05, 0) is 48.5 Å². The molecule has 43 heavy (non-hydrogen) atoms. The Bertz CT molecular complexity index is 1570. The second kappa shape index (κ2) is 12.0. The van der Waals surface area contributed by atoms with E-state index < -0.39 is 29.8 Å². The molecule has 0 bridgehead atoms. The quantitative estimate of drug-likeness (QED) is 0.219. The van der Waals surface area contributed by atoms with Gasteiger partial charge in [0.1, 0.15) is 39.8 Å². The van der Waals surface area contributed by atoms with Gasteiger partial charge in [0.05, 0.1) is 29.0 Å². The first kappa shape index (κ1) is 32.0. The van der Waals surface area contributed by atoms with Crippen LogP contribution in [0.1, 0.15) is 22.3 Å². The van der Waals surface area contributed by atoms with Gasteiger partial charge in [0.2, 0.25) is 0 Å². The zero-order valence-electron chi connectivity index (χ0n) is 22.5. The van der Waals surface area contributed by atoms with Crippen molar-refractivity contribution < 1.29 is 31.4 Å². The van der Waals surface area contributed by atoms with Crippen molar-refractivity contribution in [1.29, 1.82) is 0 Å². The lowest BCUT2D eigenvalue weighted by atomic mass is 9.71. The minimum Gasteiger partial charge on any atom is -0.389 e. The average molecular weight is 615 g/mol. The van der Waals surface area contributed by atoms with Gasteiger partial charge in [0.25, 0.3) is 0 Å². The standard InChI is InChI=1S/C23H19B2F5N4O.C6H4ClF/c1-11(14-6-15(22(28,29)30)8-16(27)7-14)32-18-9-19-21(20-12(2)31-10-17(18)20)34(23(24,25)35)13(3)33(19)5-4-26;7-5-1-3-6(8)4-2-5/h6-9,31-32,35H,1-5,10H2;1-4H. The minimum atomic E-state index is -4.74. The molecule has 0 aliphatic carbocycles. The molecule has 2 aliphatic rings. The molecule has 2 heterocycles. The smallest absolute Gasteiger partial charge is 0.389 e. The summed E-state index contributed by atoms with van der Waals surface area (Å²) in [6.07, 6.45) is -4.74. The number of aliphatic hydroxyl groups is 1. The highest BCUT2D eigenvalue weighted by atomic mass is 35.5. The van der Waals surface area contributed by atoms with Crippen molar-refractivity contribution >= 4 is 55.7 Å². The number of halogens is 7. The van der Waals surface area contributed by atoms with Gasteiger partial charge in [0.15, 0.2) is 0 Å². The first-order valence-corrected chi connectivity index (χ1v) is 12.9. The second-order valence-electron chi connectivity index (χ2n) is 9.62. The van der Waals surface area contributed by atoms with E-state index in [4.69, 9.17) is 27.3 Å². The van der Waals surface area contributed by atoms with Crippen LogP contribution < -0.4 is 20.4 Å². The maximum Gasteiger partial charge on any atom is 0.416 e. The van der Waals surface area contributed by atoms with Gasteiger partial charge in [-0.1, -0.05) is 31.3 Å². The van der Waals surface area contributed by atoms with Crippen molar-refractivity contribution in [2.24, 2.45) is 0 Å². The third-order valence-electron chi connectivity index (χ3n) is 6.58. The highest BCUT2D eigenvalue weighted by Gasteiger charge is 2.42. The van der Waals surface area contributed by atoms with E-state index in [1.807, 2.05) is 0 Å². The zero-order valence-corrected chi connectivity index (χ0v) is 23.3. The van der Waals surface area contributed by atoms with Crippen molar-refractivity contribution in [3.8, 4) is 0 Å². The number of nitrogens with one attached hydrogen (secondary N) is 2. The second-order valence-corrected chi connectivity index (χ2v) is 10.1. The van der Waals surface area contributed by atoms with Crippen LogP contribution in [0.2, 0.25) is 5.02 Å². The topological polar surface area (TPSA) is 50.8 Å². The summed E-state index contributed by atoms with van der Waals surface area (Å²) in [7, 11) is 11.5. The fourth-order valence-corrected chi connectivity index (χ4v) is 4.86. The lowest BCUT2D eigenvalue weighted by Gasteiger charge is -2.36. The summed E-state index contributed by atoms with van der Waals surface area (Å²) < 4.78 is 78.9.